The predicted octanol–water partition coefficient (Wildman–Crippen LogP) is 5.69. The van der Waals surface area contributed by atoms with Crippen LogP contribution in [0.1, 0.15) is 91.9 Å². The Morgan fingerprint density at radius 1 is 1.09 bits per heavy atom. The fourth-order valence-corrected chi connectivity index (χ4v) is 9.15. The van der Waals surface area contributed by atoms with Crippen molar-refractivity contribution in [3.63, 3.8) is 0 Å². The van der Waals surface area contributed by atoms with E-state index in [0.717, 1.165) is 38.5 Å². The van der Waals surface area contributed by atoms with Gasteiger partial charge in [-0.05, 0) is 111 Å². The topological polar surface area (TPSA) is 72.8 Å². The summed E-state index contributed by atoms with van der Waals surface area (Å²) in [5.41, 5.74) is 0.628. The normalized spacial score (nSPS) is 44.2. The second-order valence-corrected chi connectivity index (χ2v) is 12.6. The summed E-state index contributed by atoms with van der Waals surface area (Å²) in [5.74, 6) is 2.80. The second kappa shape index (κ2) is 9.59. The van der Waals surface area contributed by atoms with Crippen molar-refractivity contribution < 1.29 is 24.2 Å². The van der Waals surface area contributed by atoms with Gasteiger partial charge in [0, 0.05) is 12.0 Å². The highest BCUT2D eigenvalue weighted by Crippen LogP contribution is 2.68. The summed E-state index contributed by atoms with van der Waals surface area (Å²) in [7, 11) is 1.46. The van der Waals surface area contributed by atoms with Gasteiger partial charge in [-0.15, -0.1) is 0 Å². The average Bonchev–Trinajstić information content (AvgIpc) is 3.16. The quantitative estimate of drug-likeness (QED) is 0.395. The summed E-state index contributed by atoms with van der Waals surface area (Å²) in [6, 6.07) is 0. The molecular formula is C29H46O5. The second-order valence-electron chi connectivity index (χ2n) is 12.6. The highest BCUT2D eigenvalue weighted by atomic mass is 16.5. The van der Waals surface area contributed by atoms with E-state index in [1.54, 1.807) is 6.92 Å². The fraction of sp³-hybridized carbons (Fsp3) is 0.862. The Morgan fingerprint density at radius 2 is 1.82 bits per heavy atom. The minimum Gasteiger partial charge on any atom is -0.469 e. The standard InChI is InChI=1S/C29H46O5/c1-17(2)27(32)34-20-13-14-28(4)19(15-20)8-9-21-23-11-10-22(18(3)7-12-26(31)33-6)29(23,5)25(30)16-24(21)28/h18-25,30H,1,7-16H2,2-6H3. The van der Waals surface area contributed by atoms with E-state index in [-0.39, 0.29) is 35.0 Å². The maximum absolute atomic E-state index is 12.1. The highest BCUT2D eigenvalue weighted by molar-refractivity contribution is 5.87. The van der Waals surface area contributed by atoms with Crippen LogP contribution in [0.3, 0.4) is 0 Å². The number of hydrogen-bond acceptors (Lipinski definition) is 5. The number of aliphatic hydroxyl groups excluding tert-OH is 1. The van der Waals surface area contributed by atoms with Crippen LogP contribution in [0.25, 0.3) is 0 Å². The Labute approximate surface area is 206 Å². The van der Waals surface area contributed by atoms with Crippen molar-refractivity contribution in [3.8, 4) is 0 Å². The number of fused-ring (bicyclic) bond motifs is 5. The molecule has 0 radical (unpaired) electrons. The predicted molar refractivity (Wildman–Crippen MR) is 132 cm³/mol. The number of esters is 2. The molecule has 0 aromatic rings. The van der Waals surface area contributed by atoms with Crippen molar-refractivity contribution in [1.29, 1.82) is 0 Å². The lowest BCUT2D eigenvalue weighted by molar-refractivity contribution is -0.180. The fourth-order valence-electron chi connectivity index (χ4n) is 9.15. The van der Waals surface area contributed by atoms with E-state index >= 15 is 0 Å². The maximum atomic E-state index is 12.1. The van der Waals surface area contributed by atoms with Crippen LogP contribution in [0.2, 0.25) is 0 Å². The lowest BCUT2D eigenvalue weighted by Crippen LogP contribution is -2.59. The first-order valence-electron chi connectivity index (χ1n) is 13.6. The van der Waals surface area contributed by atoms with E-state index in [4.69, 9.17) is 9.47 Å². The zero-order valence-corrected chi connectivity index (χ0v) is 22.0. The molecule has 5 heteroatoms. The molecule has 0 aromatic heterocycles. The Balaban J connectivity index is 1.47. The van der Waals surface area contributed by atoms with Gasteiger partial charge in [0.1, 0.15) is 6.10 Å². The van der Waals surface area contributed by atoms with E-state index < -0.39 is 0 Å². The molecule has 0 saturated heterocycles. The van der Waals surface area contributed by atoms with Crippen molar-refractivity contribution in [2.45, 2.75) is 104 Å². The monoisotopic (exact) mass is 474 g/mol. The summed E-state index contributed by atoms with van der Waals surface area (Å²) in [6.07, 6.45) is 9.62. The lowest BCUT2D eigenvalue weighted by atomic mass is 9.43. The first-order chi connectivity index (χ1) is 16.0. The van der Waals surface area contributed by atoms with Gasteiger partial charge in [-0.25, -0.2) is 4.79 Å². The first-order valence-corrected chi connectivity index (χ1v) is 13.6. The molecule has 0 aromatic carbocycles. The van der Waals surface area contributed by atoms with Gasteiger partial charge in [-0.3, -0.25) is 4.79 Å². The molecule has 192 valence electrons. The third-order valence-corrected chi connectivity index (χ3v) is 11.1. The summed E-state index contributed by atoms with van der Waals surface area (Å²) < 4.78 is 10.6. The van der Waals surface area contributed by atoms with Crippen LogP contribution in [0, 0.1) is 46.3 Å². The number of carbonyl (C=O) groups excluding carboxylic acids is 2. The summed E-state index contributed by atoms with van der Waals surface area (Å²) >= 11 is 0. The molecule has 1 N–H and O–H groups in total. The Kier molecular flexibility index (Phi) is 7.26. The van der Waals surface area contributed by atoms with Crippen LogP contribution in [-0.2, 0) is 19.1 Å². The van der Waals surface area contributed by atoms with Crippen LogP contribution in [-0.4, -0.2) is 36.4 Å². The molecule has 10 unspecified atom stereocenters. The van der Waals surface area contributed by atoms with Crippen LogP contribution in [0.15, 0.2) is 12.2 Å². The van der Waals surface area contributed by atoms with Gasteiger partial charge in [-0.1, -0.05) is 27.4 Å². The Morgan fingerprint density at radius 3 is 2.50 bits per heavy atom. The van der Waals surface area contributed by atoms with Gasteiger partial charge in [0.05, 0.1) is 13.2 Å². The van der Waals surface area contributed by atoms with E-state index in [9.17, 15) is 14.7 Å². The number of hydrogen-bond donors (Lipinski definition) is 1. The van der Waals surface area contributed by atoms with Gasteiger partial charge < -0.3 is 14.6 Å². The molecule has 4 aliphatic carbocycles. The van der Waals surface area contributed by atoms with E-state index in [0.29, 0.717) is 47.5 Å². The number of ether oxygens (including phenoxy) is 2. The summed E-state index contributed by atoms with van der Waals surface area (Å²) in [5, 5.41) is 11.7. The van der Waals surface area contributed by atoms with Crippen LogP contribution < -0.4 is 0 Å². The number of methoxy groups -OCH3 is 1. The van der Waals surface area contributed by atoms with E-state index in [1.165, 1.54) is 26.4 Å². The largest absolute Gasteiger partial charge is 0.469 e. The Hall–Kier alpha value is -1.36. The van der Waals surface area contributed by atoms with Gasteiger partial charge >= 0.3 is 11.9 Å². The molecule has 4 aliphatic rings. The van der Waals surface area contributed by atoms with Crippen molar-refractivity contribution >= 4 is 11.9 Å². The van der Waals surface area contributed by atoms with Crippen molar-refractivity contribution in [2.75, 3.05) is 7.11 Å². The smallest absolute Gasteiger partial charge is 0.333 e. The summed E-state index contributed by atoms with van der Waals surface area (Å²) in [4.78, 5) is 23.8. The van der Waals surface area contributed by atoms with Crippen molar-refractivity contribution in [2.24, 2.45) is 46.3 Å². The summed E-state index contributed by atoms with van der Waals surface area (Å²) in [6.45, 7) is 12.5. The number of aliphatic hydroxyl groups is 1. The van der Waals surface area contributed by atoms with E-state index in [2.05, 4.69) is 27.4 Å². The lowest BCUT2D eigenvalue weighted by Gasteiger charge is -2.62. The van der Waals surface area contributed by atoms with Crippen LogP contribution in [0.4, 0.5) is 0 Å². The minimum absolute atomic E-state index is 0.00382. The van der Waals surface area contributed by atoms with Crippen LogP contribution >= 0.6 is 0 Å². The van der Waals surface area contributed by atoms with Gasteiger partial charge in [0.2, 0.25) is 0 Å². The van der Waals surface area contributed by atoms with Crippen molar-refractivity contribution in [3.05, 3.63) is 12.2 Å². The molecule has 0 spiro atoms. The molecule has 0 bridgehead atoms. The molecule has 0 heterocycles. The SMILES string of the molecule is C=C(C)C(=O)OC1CCC2(C)C(CCC3C2CC(O)C2(C)C(C(C)CCC(=O)OC)CCC32)C1. The van der Waals surface area contributed by atoms with Gasteiger partial charge in [0.25, 0.3) is 0 Å². The number of carbonyl (C=O) groups is 2. The average molecular weight is 475 g/mol. The molecule has 4 saturated carbocycles. The third kappa shape index (κ3) is 4.24. The molecule has 0 amide bonds. The minimum atomic E-state index is -0.290. The molecular weight excluding hydrogens is 428 g/mol. The third-order valence-electron chi connectivity index (χ3n) is 11.1. The van der Waals surface area contributed by atoms with Gasteiger partial charge in [-0.2, -0.15) is 0 Å². The first kappa shape index (κ1) is 25.7. The van der Waals surface area contributed by atoms with Crippen molar-refractivity contribution in [1.82, 2.24) is 0 Å². The van der Waals surface area contributed by atoms with Crippen LogP contribution in [0.5, 0.6) is 0 Å². The molecule has 5 nitrogen and oxygen atoms in total. The van der Waals surface area contributed by atoms with Gasteiger partial charge in [0.15, 0.2) is 0 Å². The zero-order valence-electron chi connectivity index (χ0n) is 22.0. The molecule has 4 rings (SSSR count). The molecule has 0 aliphatic heterocycles. The molecule has 34 heavy (non-hydrogen) atoms. The zero-order chi connectivity index (χ0) is 24.8. The molecule has 4 fully saturated rings. The Bertz CT molecular complexity index is 806. The number of rotatable bonds is 6. The molecule has 10 atom stereocenters. The maximum Gasteiger partial charge on any atom is 0.333 e. The van der Waals surface area contributed by atoms with E-state index in [1.807, 2.05) is 0 Å². The highest BCUT2D eigenvalue weighted by Gasteiger charge is 2.63.